The lowest BCUT2D eigenvalue weighted by molar-refractivity contribution is -0.138. The van der Waals surface area contributed by atoms with Crippen LogP contribution < -0.4 is 20.4 Å². The van der Waals surface area contributed by atoms with Crippen LogP contribution in [0, 0.1) is 34.3 Å². The number of halogens is 12. The zero-order valence-corrected chi connectivity index (χ0v) is 53.1. The maximum Gasteiger partial charge on any atom is 0.419 e. The first-order chi connectivity index (χ1) is 45.4. The SMILES string of the molecule is CC(C)(C)OC(=O)NC1CC(F)(F)c2cc(F)c(-c3nnc(C(C)(C)C#N)o3)cc2N(Cc2ccc(-n3cc(C(F)(F)F)cn3)nc2)C1=O.CC(C)(C)OC(=O)N[C@@H]1CC(F)(F)c2cc(F)c(-c3nnc(C(C)(C)C#N)o3)cc2N(Cc2ccc(-n3cc(C(F)(F)F)cn3)nc2)C1=O. The molecule has 0 aliphatic carbocycles. The highest BCUT2D eigenvalue weighted by Crippen LogP contribution is 2.48. The number of carbonyl (C=O) groups is 4. The summed E-state index contributed by atoms with van der Waals surface area (Å²) in [6, 6.07) is 8.44. The van der Waals surface area contributed by atoms with Gasteiger partial charge >= 0.3 is 24.5 Å². The summed E-state index contributed by atoms with van der Waals surface area (Å²) in [4.78, 5) is 63.2. The first-order valence-electron chi connectivity index (χ1n) is 29.1. The Morgan fingerprint density at radius 3 is 1.22 bits per heavy atom. The largest absolute Gasteiger partial charge is 0.444 e. The lowest BCUT2D eigenvalue weighted by Crippen LogP contribution is -2.49. The quantitative estimate of drug-likeness (QED) is 0.107. The van der Waals surface area contributed by atoms with Crippen LogP contribution in [0.3, 0.4) is 0 Å². The smallest absolute Gasteiger partial charge is 0.419 e. The number of hydrogen-bond donors (Lipinski definition) is 2. The predicted octanol–water partition coefficient (Wildman–Crippen LogP) is 12.4. The van der Waals surface area contributed by atoms with E-state index in [0.29, 0.717) is 24.5 Å². The summed E-state index contributed by atoms with van der Waals surface area (Å²) in [7, 11) is 0. The Morgan fingerprint density at radius 1 is 0.571 bits per heavy atom. The predicted molar refractivity (Wildman–Crippen MR) is 315 cm³/mol. The fourth-order valence-electron chi connectivity index (χ4n) is 9.57. The van der Waals surface area contributed by atoms with Crippen molar-refractivity contribution in [2.75, 3.05) is 9.80 Å². The van der Waals surface area contributed by atoms with E-state index in [0.717, 1.165) is 43.7 Å². The number of alkyl halides is 10. The molecule has 24 nitrogen and oxygen atoms in total. The van der Waals surface area contributed by atoms with Crippen LogP contribution in [0.1, 0.15) is 127 Å². The fraction of sp³-hybridized carbons (Fsp3) is 0.387. The Morgan fingerprint density at radius 2 is 0.929 bits per heavy atom. The standard InChI is InChI=1S/2C31H28F6N8O4/c2*1-28(2,3)49-27(47)41-21-10-30(33,34)19-9-20(32)18(24-42-43-26(48-24)29(4,5)15-38)8-22(19)44(25(21)46)13-16-6-7-23(39-11-16)45-14-17(12-40-45)31(35,36)37/h2*6-9,11-12,14,21H,10,13H2,1-5H3,(H,41,47)/t21-;/m1./s1. The maximum atomic E-state index is 15.9. The van der Waals surface area contributed by atoms with Crippen LogP contribution in [0.5, 0.6) is 0 Å². The third-order valence-corrected chi connectivity index (χ3v) is 14.5. The summed E-state index contributed by atoms with van der Waals surface area (Å²) in [5.41, 5.74) is -9.83. The molecule has 0 bridgehead atoms. The van der Waals surface area contributed by atoms with Crippen LogP contribution in [0.4, 0.5) is 73.6 Å². The van der Waals surface area contributed by atoms with Crippen molar-refractivity contribution >= 4 is 35.4 Å². The van der Waals surface area contributed by atoms with Crippen molar-refractivity contribution in [2.45, 2.75) is 153 Å². The lowest BCUT2D eigenvalue weighted by Gasteiger charge is -2.27. The summed E-state index contributed by atoms with van der Waals surface area (Å²) in [6.45, 7) is 14.2. The molecule has 98 heavy (non-hydrogen) atoms. The van der Waals surface area contributed by atoms with Gasteiger partial charge < -0.3 is 38.7 Å². The van der Waals surface area contributed by atoms with Gasteiger partial charge in [-0.25, -0.2) is 55.3 Å². The average molecular weight is 1380 g/mol. The van der Waals surface area contributed by atoms with Crippen LogP contribution in [-0.4, -0.2) is 97.2 Å². The van der Waals surface area contributed by atoms with Gasteiger partial charge in [0.05, 0.1) is 71.3 Å². The Kier molecular flexibility index (Phi) is 18.9. The highest BCUT2D eigenvalue weighted by Gasteiger charge is 2.50. The molecule has 516 valence electrons. The van der Waals surface area contributed by atoms with Gasteiger partial charge in [-0.15, -0.1) is 20.4 Å². The Labute approximate surface area is 547 Å². The first-order valence-corrected chi connectivity index (χ1v) is 29.1. The van der Waals surface area contributed by atoms with E-state index in [-0.39, 0.29) is 34.5 Å². The first kappa shape index (κ1) is 71.4. The number of nitrogens with zero attached hydrogens (tertiary/aromatic N) is 14. The molecule has 0 saturated heterocycles. The second-order valence-corrected chi connectivity index (χ2v) is 25.5. The van der Waals surface area contributed by atoms with E-state index >= 15 is 26.3 Å². The van der Waals surface area contributed by atoms with Crippen LogP contribution in [0.25, 0.3) is 34.5 Å². The number of alkyl carbamates (subject to hydrolysis) is 2. The number of ether oxygens (including phenoxy) is 2. The third kappa shape index (κ3) is 15.8. The van der Waals surface area contributed by atoms with Gasteiger partial charge in [-0.3, -0.25) is 9.59 Å². The zero-order valence-electron chi connectivity index (χ0n) is 53.1. The highest BCUT2D eigenvalue weighted by molar-refractivity contribution is 6.02. The molecule has 10 rings (SSSR count). The number of carbonyl (C=O) groups excluding carboxylic acids is 4. The molecule has 0 fully saturated rings. The van der Waals surface area contributed by atoms with Gasteiger partial charge in [0.2, 0.25) is 23.6 Å². The number of pyridine rings is 2. The van der Waals surface area contributed by atoms with Crippen molar-refractivity contribution in [3.05, 3.63) is 143 Å². The second-order valence-electron chi connectivity index (χ2n) is 25.5. The number of benzene rings is 2. The van der Waals surface area contributed by atoms with Crippen molar-refractivity contribution < 1.29 is 90.2 Å². The number of nitriles is 2. The molecule has 2 aliphatic rings. The summed E-state index contributed by atoms with van der Waals surface area (Å²) < 4.78 is 196. The number of aromatic nitrogens is 10. The van der Waals surface area contributed by atoms with Crippen molar-refractivity contribution in [3.63, 3.8) is 0 Å². The van der Waals surface area contributed by atoms with Crippen molar-refractivity contribution in [2.24, 2.45) is 0 Å². The van der Waals surface area contributed by atoms with E-state index in [1.54, 1.807) is 0 Å². The number of hydrogen-bond acceptors (Lipinski definition) is 18. The van der Waals surface area contributed by atoms with Crippen LogP contribution in [0.15, 0.2) is 94.5 Å². The summed E-state index contributed by atoms with van der Waals surface area (Å²) >= 11 is 0. The third-order valence-electron chi connectivity index (χ3n) is 14.5. The van der Waals surface area contributed by atoms with E-state index in [1.807, 2.05) is 12.1 Å². The Hall–Kier alpha value is -10.9. The summed E-state index contributed by atoms with van der Waals surface area (Å²) in [5.74, 6) is -13.5. The minimum atomic E-state index is -4.64. The number of amides is 4. The van der Waals surface area contributed by atoms with Crippen LogP contribution >= 0.6 is 0 Å². The highest BCUT2D eigenvalue weighted by atomic mass is 19.4. The van der Waals surface area contributed by atoms with Crippen molar-refractivity contribution in [3.8, 4) is 46.7 Å². The van der Waals surface area contributed by atoms with E-state index < -0.39 is 176 Å². The molecule has 6 aromatic heterocycles. The molecule has 1 unspecified atom stereocenters. The van der Waals surface area contributed by atoms with Gasteiger partial charge in [-0.1, -0.05) is 12.1 Å². The van der Waals surface area contributed by atoms with Crippen molar-refractivity contribution in [1.82, 2.24) is 60.6 Å². The molecule has 0 spiro atoms. The lowest BCUT2D eigenvalue weighted by atomic mass is 9.96. The van der Waals surface area contributed by atoms with E-state index in [4.69, 9.17) is 18.3 Å². The fourth-order valence-corrected chi connectivity index (χ4v) is 9.57. The van der Waals surface area contributed by atoms with E-state index in [2.05, 4.69) is 51.2 Å². The number of rotatable bonds is 12. The molecule has 2 N–H and O–H groups in total. The molecule has 8 aromatic rings. The Balaban J connectivity index is 0.000000229. The number of anilines is 2. The monoisotopic (exact) mass is 1380 g/mol. The maximum absolute atomic E-state index is 15.9. The molecule has 0 radical (unpaired) electrons. The van der Waals surface area contributed by atoms with Gasteiger partial charge in [-0.05, 0) is 117 Å². The Bertz CT molecular complexity index is 4160. The van der Waals surface area contributed by atoms with Gasteiger partial charge in [0.25, 0.3) is 23.6 Å². The minimum Gasteiger partial charge on any atom is -0.444 e. The molecule has 36 heteroatoms. The zero-order chi connectivity index (χ0) is 72.2. The topological polar surface area (TPSA) is 304 Å². The molecule has 2 aromatic carbocycles. The summed E-state index contributed by atoms with van der Waals surface area (Å²) in [5, 5.41) is 45.7. The van der Waals surface area contributed by atoms with Crippen molar-refractivity contribution in [1.29, 1.82) is 10.5 Å². The summed E-state index contributed by atoms with van der Waals surface area (Å²) in [6.07, 6.45) is -9.04. The van der Waals surface area contributed by atoms with Gasteiger partial charge in [0.1, 0.15) is 45.8 Å². The van der Waals surface area contributed by atoms with E-state index in [1.165, 1.54) is 106 Å². The normalized spacial score (nSPS) is 16.5. The second kappa shape index (κ2) is 25.9. The average Bonchev–Trinajstić information content (AvgIpc) is 1.60. The molecular formula is C62H56F12N16O8. The van der Waals surface area contributed by atoms with Crippen LogP contribution in [0.2, 0.25) is 0 Å². The number of nitrogens with one attached hydrogen (secondary N) is 2. The van der Waals surface area contributed by atoms with Gasteiger partial charge in [0, 0.05) is 48.8 Å². The molecule has 8 heterocycles. The number of fused-ring (bicyclic) bond motifs is 2. The van der Waals surface area contributed by atoms with E-state index in [9.17, 15) is 56.0 Å². The molecule has 0 saturated carbocycles. The minimum absolute atomic E-state index is 0.0188. The van der Waals surface area contributed by atoms with Gasteiger partial charge in [-0.2, -0.15) is 47.1 Å². The van der Waals surface area contributed by atoms with Gasteiger partial charge in [0.15, 0.2) is 11.6 Å². The van der Waals surface area contributed by atoms with Crippen LogP contribution in [-0.2, 0) is 67.2 Å². The molecule has 4 amide bonds. The molecule has 2 aliphatic heterocycles. The molecule has 2 atom stereocenters. The molecular weight excluding hydrogens is 1320 g/mol.